The molecule has 0 heterocycles. The maximum Gasteiger partial charge on any atom is 0.121 e. The third-order valence-electron chi connectivity index (χ3n) is 3.56. The zero-order valence-electron chi connectivity index (χ0n) is 11.5. The van der Waals surface area contributed by atoms with Crippen LogP contribution in [-0.2, 0) is 11.3 Å². The smallest absolute Gasteiger partial charge is 0.121 e. The van der Waals surface area contributed by atoms with Gasteiger partial charge >= 0.3 is 0 Å². The Morgan fingerprint density at radius 3 is 2.67 bits per heavy atom. The zero-order valence-corrected chi connectivity index (χ0v) is 11.5. The second kappa shape index (κ2) is 6.21. The van der Waals surface area contributed by atoms with E-state index in [1.54, 1.807) is 14.2 Å². The molecule has 0 aliphatic heterocycles. The van der Waals surface area contributed by atoms with Crippen molar-refractivity contribution >= 4 is 0 Å². The summed E-state index contributed by atoms with van der Waals surface area (Å²) in [5.74, 6) is 1.76. The van der Waals surface area contributed by atoms with Gasteiger partial charge in [-0.3, -0.25) is 0 Å². The van der Waals surface area contributed by atoms with E-state index < -0.39 is 0 Å². The van der Waals surface area contributed by atoms with Gasteiger partial charge in [-0.05, 0) is 42.9 Å². The summed E-state index contributed by atoms with van der Waals surface area (Å²) in [5, 5.41) is 3.60. The van der Waals surface area contributed by atoms with Crippen molar-refractivity contribution in [2.75, 3.05) is 20.8 Å². The van der Waals surface area contributed by atoms with Gasteiger partial charge < -0.3 is 14.8 Å². The Morgan fingerprint density at radius 1 is 1.33 bits per heavy atom. The Balaban J connectivity index is 1.90. The number of benzene rings is 1. The molecule has 18 heavy (non-hydrogen) atoms. The van der Waals surface area contributed by atoms with Crippen molar-refractivity contribution in [2.45, 2.75) is 32.4 Å². The molecule has 0 aromatic heterocycles. The van der Waals surface area contributed by atoms with E-state index in [1.807, 2.05) is 6.07 Å². The summed E-state index contributed by atoms with van der Waals surface area (Å²) >= 11 is 0. The minimum atomic E-state index is 0.498. The summed E-state index contributed by atoms with van der Waals surface area (Å²) in [6, 6.07) is 6.84. The highest BCUT2D eigenvalue weighted by Gasteiger charge is 2.30. The molecule has 1 aliphatic rings. The van der Waals surface area contributed by atoms with Gasteiger partial charge in [0.25, 0.3) is 0 Å². The van der Waals surface area contributed by atoms with E-state index in [2.05, 4.69) is 24.4 Å². The van der Waals surface area contributed by atoms with E-state index in [-0.39, 0.29) is 0 Å². The minimum absolute atomic E-state index is 0.498. The average Bonchev–Trinajstić information content (AvgIpc) is 3.19. The van der Waals surface area contributed by atoms with Gasteiger partial charge in [0.2, 0.25) is 0 Å². The van der Waals surface area contributed by atoms with Gasteiger partial charge in [-0.15, -0.1) is 0 Å². The monoisotopic (exact) mass is 249 g/mol. The predicted molar refractivity (Wildman–Crippen MR) is 73.0 cm³/mol. The Bertz CT molecular complexity index is 388. The highest BCUT2D eigenvalue weighted by molar-refractivity contribution is 5.36. The molecule has 100 valence electrons. The van der Waals surface area contributed by atoms with E-state index in [1.165, 1.54) is 24.0 Å². The third-order valence-corrected chi connectivity index (χ3v) is 3.56. The fourth-order valence-electron chi connectivity index (χ4n) is 2.34. The first-order valence-corrected chi connectivity index (χ1v) is 6.60. The lowest BCUT2D eigenvalue weighted by Gasteiger charge is -2.17. The largest absolute Gasteiger partial charge is 0.496 e. The van der Waals surface area contributed by atoms with Crippen LogP contribution in [0.1, 0.15) is 24.0 Å². The Hall–Kier alpha value is -1.06. The van der Waals surface area contributed by atoms with Gasteiger partial charge in [0.15, 0.2) is 0 Å². The van der Waals surface area contributed by atoms with E-state index in [0.717, 1.165) is 24.8 Å². The lowest BCUT2D eigenvalue weighted by atomic mass is 10.1. The lowest BCUT2D eigenvalue weighted by Crippen LogP contribution is -2.34. The van der Waals surface area contributed by atoms with Gasteiger partial charge in [-0.25, -0.2) is 0 Å². The van der Waals surface area contributed by atoms with Crippen molar-refractivity contribution in [3.63, 3.8) is 0 Å². The molecule has 0 bridgehead atoms. The number of nitrogens with one attached hydrogen (secondary N) is 1. The van der Waals surface area contributed by atoms with Gasteiger partial charge in [-0.1, -0.05) is 12.1 Å². The second-order valence-corrected chi connectivity index (χ2v) is 5.08. The molecule has 0 amide bonds. The molecule has 1 N–H and O–H groups in total. The van der Waals surface area contributed by atoms with Gasteiger partial charge in [-0.2, -0.15) is 0 Å². The summed E-state index contributed by atoms with van der Waals surface area (Å²) in [4.78, 5) is 0. The number of rotatable bonds is 7. The number of hydrogen-bond donors (Lipinski definition) is 1. The average molecular weight is 249 g/mol. The quantitative estimate of drug-likeness (QED) is 0.805. The van der Waals surface area contributed by atoms with Crippen LogP contribution in [0.4, 0.5) is 0 Å². The molecule has 0 unspecified atom stereocenters. The maximum atomic E-state index is 5.27. The summed E-state index contributed by atoms with van der Waals surface area (Å²) < 4.78 is 10.5. The molecule has 1 saturated carbocycles. The zero-order chi connectivity index (χ0) is 13.0. The molecule has 1 fully saturated rings. The molecule has 0 spiro atoms. The van der Waals surface area contributed by atoms with Gasteiger partial charge in [0.1, 0.15) is 5.75 Å². The molecule has 3 nitrogen and oxygen atoms in total. The number of methoxy groups -OCH3 is 2. The van der Waals surface area contributed by atoms with Crippen molar-refractivity contribution < 1.29 is 9.47 Å². The minimum Gasteiger partial charge on any atom is -0.496 e. The predicted octanol–water partition coefficient (Wildman–Crippen LogP) is 2.52. The summed E-state index contributed by atoms with van der Waals surface area (Å²) in [6.45, 7) is 3.78. The SMILES string of the molecule is COC[C@H](NCc1ccc(OC)c(C)c1)C1CC1. The van der Waals surface area contributed by atoms with Crippen LogP contribution in [-0.4, -0.2) is 26.9 Å². The molecule has 1 aliphatic carbocycles. The molecule has 0 radical (unpaired) electrons. The van der Waals surface area contributed by atoms with Crippen molar-refractivity contribution in [3.05, 3.63) is 29.3 Å². The molecular weight excluding hydrogens is 226 g/mol. The van der Waals surface area contributed by atoms with Crippen LogP contribution >= 0.6 is 0 Å². The molecule has 1 aromatic rings. The fraction of sp³-hybridized carbons (Fsp3) is 0.600. The van der Waals surface area contributed by atoms with Crippen LogP contribution in [0, 0.1) is 12.8 Å². The van der Waals surface area contributed by atoms with Crippen molar-refractivity contribution in [3.8, 4) is 5.75 Å². The Labute approximate surface area is 109 Å². The van der Waals surface area contributed by atoms with E-state index in [4.69, 9.17) is 9.47 Å². The Morgan fingerprint density at radius 2 is 2.11 bits per heavy atom. The molecule has 3 heteroatoms. The topological polar surface area (TPSA) is 30.5 Å². The van der Waals surface area contributed by atoms with Crippen LogP contribution in [0.3, 0.4) is 0 Å². The van der Waals surface area contributed by atoms with Crippen LogP contribution in [0.2, 0.25) is 0 Å². The van der Waals surface area contributed by atoms with Gasteiger partial charge in [0, 0.05) is 19.7 Å². The molecule has 0 saturated heterocycles. The molecular formula is C15H23NO2. The lowest BCUT2D eigenvalue weighted by molar-refractivity contribution is 0.157. The first-order chi connectivity index (χ1) is 8.74. The van der Waals surface area contributed by atoms with Crippen molar-refractivity contribution in [2.24, 2.45) is 5.92 Å². The van der Waals surface area contributed by atoms with E-state index >= 15 is 0 Å². The summed E-state index contributed by atoms with van der Waals surface area (Å²) in [5.41, 5.74) is 2.49. The molecule has 1 atom stereocenters. The standard InChI is InChI=1S/C15H23NO2/c1-11-8-12(4-7-15(11)18-3)9-16-14(10-17-2)13-5-6-13/h4,7-8,13-14,16H,5-6,9-10H2,1-3H3/t14-/m0/s1. The molecule has 1 aromatic carbocycles. The first kappa shape index (κ1) is 13.4. The fourth-order valence-corrected chi connectivity index (χ4v) is 2.34. The first-order valence-electron chi connectivity index (χ1n) is 6.60. The summed E-state index contributed by atoms with van der Waals surface area (Å²) in [7, 11) is 3.48. The van der Waals surface area contributed by atoms with Crippen LogP contribution in [0.15, 0.2) is 18.2 Å². The summed E-state index contributed by atoms with van der Waals surface area (Å²) in [6.07, 6.45) is 2.67. The normalized spacial score (nSPS) is 16.6. The number of ether oxygens (including phenoxy) is 2. The number of aryl methyl sites for hydroxylation is 1. The van der Waals surface area contributed by atoms with E-state index in [0.29, 0.717) is 6.04 Å². The Kier molecular flexibility index (Phi) is 4.61. The molecule has 2 rings (SSSR count). The van der Waals surface area contributed by atoms with Crippen molar-refractivity contribution in [1.82, 2.24) is 5.32 Å². The van der Waals surface area contributed by atoms with Crippen LogP contribution in [0.25, 0.3) is 0 Å². The van der Waals surface area contributed by atoms with Crippen LogP contribution in [0.5, 0.6) is 5.75 Å². The highest BCUT2D eigenvalue weighted by Crippen LogP contribution is 2.32. The third kappa shape index (κ3) is 3.47. The second-order valence-electron chi connectivity index (χ2n) is 5.08. The maximum absolute atomic E-state index is 5.27. The van der Waals surface area contributed by atoms with E-state index in [9.17, 15) is 0 Å². The number of hydrogen-bond acceptors (Lipinski definition) is 3. The van der Waals surface area contributed by atoms with Gasteiger partial charge in [0.05, 0.1) is 13.7 Å². The van der Waals surface area contributed by atoms with Crippen molar-refractivity contribution in [1.29, 1.82) is 0 Å². The van der Waals surface area contributed by atoms with Crippen LogP contribution < -0.4 is 10.1 Å². The highest BCUT2D eigenvalue weighted by atomic mass is 16.5.